The lowest BCUT2D eigenvalue weighted by molar-refractivity contribution is 0.659. The number of thiophene rings is 1. The predicted octanol–water partition coefficient (Wildman–Crippen LogP) is 15.7. The molecule has 1 fully saturated rings. The van der Waals surface area contributed by atoms with Crippen LogP contribution in [0.4, 0.5) is 28.4 Å². The Morgan fingerprint density at radius 2 is 1.30 bits per heavy atom. The number of anilines is 5. The van der Waals surface area contributed by atoms with Crippen LogP contribution < -0.4 is 9.80 Å². The molecule has 0 saturated heterocycles. The largest absolute Gasteiger partial charge is 0.331 e. The number of rotatable bonds is 6. The molecular weight excluding hydrogens is 765 g/mol. The van der Waals surface area contributed by atoms with Crippen LogP contribution in [-0.2, 0) is 5.41 Å². The molecule has 4 aliphatic carbocycles. The van der Waals surface area contributed by atoms with Crippen molar-refractivity contribution >= 4 is 82.5 Å². The average Bonchev–Trinajstić information content (AvgIpc) is 3.63. The van der Waals surface area contributed by atoms with E-state index in [4.69, 9.17) is 0 Å². The van der Waals surface area contributed by atoms with Gasteiger partial charge in [-0.3, -0.25) is 0 Å². The van der Waals surface area contributed by atoms with Crippen LogP contribution in [-0.4, -0.2) is 10.8 Å². The highest BCUT2D eigenvalue weighted by Gasteiger charge is 2.57. The van der Waals surface area contributed by atoms with Gasteiger partial charge in [-0.15, -0.1) is 23.1 Å². The topological polar surface area (TPSA) is 6.48 Å². The molecule has 1 aliphatic heterocycles. The molecule has 60 heavy (non-hydrogen) atoms. The molecule has 4 unspecified atom stereocenters. The molecule has 0 amide bonds. The monoisotopic (exact) mass is 806 g/mol. The maximum Gasteiger partial charge on any atom is 0.0706 e. The van der Waals surface area contributed by atoms with E-state index >= 15 is 0 Å². The fraction of sp³-hybridized carbons (Fsp3) is 0.143. The molecule has 1 saturated carbocycles. The first kappa shape index (κ1) is 34.8. The molecule has 0 bridgehead atoms. The van der Waals surface area contributed by atoms with E-state index in [1.54, 1.807) is 0 Å². The van der Waals surface area contributed by atoms with Gasteiger partial charge in [-0.1, -0.05) is 129 Å². The summed E-state index contributed by atoms with van der Waals surface area (Å²) in [5.41, 5.74) is 12.7. The summed E-state index contributed by atoms with van der Waals surface area (Å²) in [6, 6.07) is 53.0. The van der Waals surface area contributed by atoms with Crippen molar-refractivity contribution in [1.29, 1.82) is 0 Å². The zero-order valence-corrected chi connectivity index (χ0v) is 35.2. The second kappa shape index (κ2) is 12.7. The van der Waals surface area contributed by atoms with Gasteiger partial charge in [-0.05, 0) is 112 Å². The van der Waals surface area contributed by atoms with Gasteiger partial charge in [0.25, 0.3) is 0 Å². The molecule has 0 spiro atoms. The van der Waals surface area contributed by atoms with Crippen LogP contribution in [0.5, 0.6) is 0 Å². The summed E-state index contributed by atoms with van der Waals surface area (Å²) in [7, 11) is 0. The molecule has 4 atom stereocenters. The summed E-state index contributed by atoms with van der Waals surface area (Å²) in [5, 5.41) is 5.65. The van der Waals surface area contributed by atoms with E-state index in [0.717, 1.165) is 12.1 Å². The van der Waals surface area contributed by atoms with Crippen LogP contribution >= 0.6 is 23.1 Å². The number of benzene rings is 7. The summed E-state index contributed by atoms with van der Waals surface area (Å²) in [6.07, 6.45) is 19.7. The molecule has 5 aliphatic rings. The summed E-state index contributed by atoms with van der Waals surface area (Å²) in [6.45, 7) is 4.88. The van der Waals surface area contributed by atoms with Gasteiger partial charge in [-0.2, -0.15) is 0 Å². The summed E-state index contributed by atoms with van der Waals surface area (Å²) >= 11 is 3.88. The van der Waals surface area contributed by atoms with Gasteiger partial charge >= 0.3 is 0 Å². The third-order valence-electron chi connectivity index (χ3n) is 14.0. The van der Waals surface area contributed by atoms with Crippen LogP contribution in [0.25, 0.3) is 42.1 Å². The SMILES string of the molecule is CC1(C)c2cc(N(c3ccc4c(c3)C3C=CC=CC3S4)C34C=CC=CC3C4)ccc2-c2c1cc(N(c1ccccc1)c1ccc3sc4ccccc4c3c1)c1ccccc21. The quantitative estimate of drug-likeness (QED) is 0.165. The molecule has 288 valence electrons. The number of para-hydroxylation sites is 1. The summed E-state index contributed by atoms with van der Waals surface area (Å²) in [4.78, 5) is 6.59. The Bertz CT molecular complexity index is 3240. The highest BCUT2D eigenvalue weighted by Crippen LogP contribution is 2.60. The van der Waals surface area contributed by atoms with Crippen LogP contribution in [0.2, 0.25) is 0 Å². The molecule has 2 nitrogen and oxygen atoms in total. The third-order valence-corrected chi connectivity index (χ3v) is 16.5. The zero-order valence-electron chi connectivity index (χ0n) is 33.5. The van der Waals surface area contributed by atoms with Gasteiger partial charge in [0.2, 0.25) is 0 Å². The standard InChI is InChI=1S/C56H42N2S2/c1-55(2)47-32-39(58(56-29-13-12-14-35(56)34-56)38-25-28-53-46(31-38)42-19-9-11-22-51(42)60-53)23-26-44(47)54-43-20-7-6-17-40(43)49(33-48(54)55)57(36-15-4-3-5-16-36)37-24-27-52-45(30-37)41-18-8-10-21-50(41)59-52/h3-33,35,42,51H,34H2,1-2H3. The minimum absolute atomic E-state index is 0.0643. The van der Waals surface area contributed by atoms with E-state index in [2.05, 4.69) is 212 Å². The lowest BCUT2D eigenvalue weighted by Gasteiger charge is -2.35. The molecular formula is C56H42N2S2. The zero-order chi connectivity index (χ0) is 39.7. The number of nitrogens with zero attached hydrogens (tertiary/aromatic N) is 2. The van der Waals surface area contributed by atoms with Crippen molar-refractivity contribution in [2.45, 2.75) is 47.3 Å². The van der Waals surface area contributed by atoms with Gasteiger partial charge in [0.1, 0.15) is 0 Å². The first-order valence-electron chi connectivity index (χ1n) is 21.3. The molecule has 8 aromatic rings. The van der Waals surface area contributed by atoms with E-state index in [1.165, 1.54) is 86.4 Å². The van der Waals surface area contributed by atoms with Crippen molar-refractivity contribution in [1.82, 2.24) is 0 Å². The van der Waals surface area contributed by atoms with Crippen LogP contribution in [0.1, 0.15) is 42.9 Å². The normalized spacial score (nSPS) is 22.1. The third kappa shape index (κ3) is 4.95. The highest BCUT2D eigenvalue weighted by atomic mass is 32.2. The predicted molar refractivity (Wildman–Crippen MR) is 257 cm³/mol. The van der Waals surface area contributed by atoms with Gasteiger partial charge in [0.05, 0.1) is 11.2 Å². The van der Waals surface area contributed by atoms with Crippen molar-refractivity contribution < 1.29 is 0 Å². The Balaban J connectivity index is 0.982. The molecule has 2 heterocycles. The molecule has 7 aromatic carbocycles. The van der Waals surface area contributed by atoms with Gasteiger partial charge in [-0.25, -0.2) is 0 Å². The molecule has 13 rings (SSSR count). The minimum Gasteiger partial charge on any atom is -0.331 e. The molecule has 1 aromatic heterocycles. The second-order valence-corrected chi connectivity index (χ2v) is 20.0. The Morgan fingerprint density at radius 1 is 0.567 bits per heavy atom. The van der Waals surface area contributed by atoms with Gasteiger partial charge in [0.15, 0.2) is 0 Å². The van der Waals surface area contributed by atoms with Crippen LogP contribution in [0, 0.1) is 5.92 Å². The Kier molecular flexibility index (Phi) is 7.37. The van der Waals surface area contributed by atoms with Crippen LogP contribution in [0.3, 0.4) is 0 Å². The van der Waals surface area contributed by atoms with E-state index in [1.807, 2.05) is 23.1 Å². The van der Waals surface area contributed by atoms with Crippen molar-refractivity contribution in [3.63, 3.8) is 0 Å². The second-order valence-electron chi connectivity index (χ2n) is 17.6. The average molecular weight is 807 g/mol. The molecule has 0 N–H and O–H groups in total. The van der Waals surface area contributed by atoms with E-state index in [-0.39, 0.29) is 11.0 Å². The lowest BCUT2D eigenvalue weighted by atomic mass is 9.81. The van der Waals surface area contributed by atoms with E-state index < -0.39 is 0 Å². The fourth-order valence-corrected chi connectivity index (χ4v) is 13.4. The molecule has 4 heteroatoms. The van der Waals surface area contributed by atoms with Gasteiger partial charge < -0.3 is 9.80 Å². The van der Waals surface area contributed by atoms with Crippen molar-refractivity contribution in [2.24, 2.45) is 5.92 Å². The number of hydrogen-bond acceptors (Lipinski definition) is 4. The Morgan fingerprint density at radius 3 is 2.18 bits per heavy atom. The number of fused-ring (bicyclic) bond motifs is 12. The van der Waals surface area contributed by atoms with Crippen molar-refractivity contribution in [3.8, 4) is 11.1 Å². The highest BCUT2D eigenvalue weighted by molar-refractivity contribution is 8.00. The first-order chi connectivity index (χ1) is 29.5. The van der Waals surface area contributed by atoms with Crippen LogP contribution in [0.15, 0.2) is 193 Å². The van der Waals surface area contributed by atoms with E-state index in [0.29, 0.717) is 17.1 Å². The van der Waals surface area contributed by atoms with Crippen molar-refractivity contribution in [3.05, 3.63) is 205 Å². The maximum atomic E-state index is 2.68. The van der Waals surface area contributed by atoms with Gasteiger partial charge in [0, 0.05) is 75.7 Å². The number of hydrogen-bond donors (Lipinski definition) is 0. The lowest BCUT2D eigenvalue weighted by Crippen LogP contribution is -2.34. The maximum absolute atomic E-state index is 2.68. The van der Waals surface area contributed by atoms with Crippen molar-refractivity contribution in [2.75, 3.05) is 9.80 Å². The summed E-state index contributed by atoms with van der Waals surface area (Å²) < 4.78 is 2.64. The smallest absolute Gasteiger partial charge is 0.0706 e. The summed E-state index contributed by atoms with van der Waals surface area (Å²) in [5.74, 6) is 0.916. The minimum atomic E-state index is -0.245. The number of thioether (sulfide) groups is 1. The number of allylic oxidation sites excluding steroid dienone is 5. The van der Waals surface area contributed by atoms with E-state index in [9.17, 15) is 0 Å². The molecule has 0 radical (unpaired) electrons. The Hall–Kier alpha value is -6.07. The fourth-order valence-electron chi connectivity index (χ4n) is 11.0. The Labute approximate surface area is 359 Å². The first-order valence-corrected chi connectivity index (χ1v) is 23.0.